The molecule has 2 atom stereocenters. The Balaban J connectivity index is 1.51. The summed E-state index contributed by atoms with van der Waals surface area (Å²) in [4.78, 5) is 48.3. The Bertz CT molecular complexity index is 1140. The van der Waals surface area contributed by atoms with Crippen LogP contribution in [0.1, 0.15) is 70.2 Å². The van der Waals surface area contributed by atoms with Crippen molar-refractivity contribution in [2.75, 3.05) is 13.2 Å². The summed E-state index contributed by atoms with van der Waals surface area (Å²) < 4.78 is 12.7. The van der Waals surface area contributed by atoms with Crippen LogP contribution in [-0.2, 0) is 9.53 Å². The van der Waals surface area contributed by atoms with Gasteiger partial charge in [0.05, 0.1) is 24.8 Å². The Morgan fingerprint density at radius 2 is 1.85 bits per heavy atom. The number of nitrogens with one attached hydrogen (secondary N) is 2. The number of carbonyl (C=O) groups is 4. The quantitative estimate of drug-likeness (QED) is 0.349. The Kier molecular flexibility index (Phi) is 7.94. The van der Waals surface area contributed by atoms with Gasteiger partial charge in [-0.15, -0.1) is 0 Å². The number of carbonyl (C=O) groups excluding carboxylic acids is 4. The number of ether oxygens (including phenoxy) is 2. The van der Waals surface area contributed by atoms with Crippen molar-refractivity contribution in [2.24, 2.45) is 46.0 Å². The van der Waals surface area contributed by atoms with Crippen LogP contribution in [-0.4, -0.2) is 53.0 Å². The van der Waals surface area contributed by atoms with Gasteiger partial charge in [-0.25, -0.2) is 14.3 Å². The minimum absolute atomic E-state index is 0.0176. The summed E-state index contributed by atoms with van der Waals surface area (Å²) in [5, 5.41) is 9.68. The molecule has 12 nitrogen and oxygen atoms in total. The topological polar surface area (TPSA) is 181 Å². The molecule has 0 saturated heterocycles. The van der Waals surface area contributed by atoms with E-state index in [9.17, 15) is 19.2 Å². The smallest absolute Gasteiger partial charge is 0.404 e. The van der Waals surface area contributed by atoms with Crippen molar-refractivity contribution in [3.05, 3.63) is 17.8 Å². The Hall–Kier alpha value is -3.57. The molecule has 12 heteroatoms. The summed E-state index contributed by atoms with van der Waals surface area (Å²) in [6.07, 6.45) is 8.72. The second-order valence-corrected chi connectivity index (χ2v) is 12.4. The SMILES string of the molecule is CC(C)COc1c(C(=O)NC2C3CC4CC2CC(COC(N)=O)(C4)C3)cnn1C=CC(C)(C)C(=O)NC(N)=O. The second kappa shape index (κ2) is 10.9. The lowest BCUT2D eigenvalue weighted by molar-refractivity contribution is -0.125. The first-order valence-corrected chi connectivity index (χ1v) is 13.5. The molecule has 4 aliphatic carbocycles. The highest BCUT2D eigenvalue weighted by Gasteiger charge is 2.56. The molecule has 2 unspecified atom stereocenters. The number of amides is 5. The van der Waals surface area contributed by atoms with Crippen LogP contribution in [0.3, 0.4) is 0 Å². The molecule has 0 aliphatic heterocycles. The zero-order valence-electron chi connectivity index (χ0n) is 23.1. The molecule has 214 valence electrons. The molecule has 1 aromatic heterocycles. The van der Waals surface area contributed by atoms with Crippen LogP contribution >= 0.6 is 0 Å². The molecule has 4 aliphatic rings. The zero-order chi connectivity index (χ0) is 28.5. The maximum Gasteiger partial charge on any atom is 0.404 e. The predicted molar refractivity (Wildman–Crippen MR) is 142 cm³/mol. The average molecular weight is 545 g/mol. The van der Waals surface area contributed by atoms with Crippen molar-refractivity contribution < 1.29 is 28.7 Å². The summed E-state index contributed by atoms with van der Waals surface area (Å²) in [5.74, 6) is 0.821. The van der Waals surface area contributed by atoms with Gasteiger partial charge in [-0.2, -0.15) is 5.10 Å². The van der Waals surface area contributed by atoms with Crippen LogP contribution in [0.2, 0.25) is 0 Å². The molecule has 4 fully saturated rings. The molecule has 6 N–H and O–H groups in total. The number of hydrogen-bond acceptors (Lipinski definition) is 7. The van der Waals surface area contributed by atoms with E-state index >= 15 is 0 Å². The first kappa shape index (κ1) is 28.4. The molecular weight excluding hydrogens is 504 g/mol. The molecule has 0 spiro atoms. The third kappa shape index (κ3) is 6.36. The number of imide groups is 1. The van der Waals surface area contributed by atoms with Crippen molar-refractivity contribution in [1.29, 1.82) is 0 Å². The maximum atomic E-state index is 13.6. The summed E-state index contributed by atoms with van der Waals surface area (Å²) in [6.45, 7) is 7.96. The fraction of sp³-hybridized carbons (Fsp3) is 0.667. The Labute approximate surface area is 228 Å². The van der Waals surface area contributed by atoms with Gasteiger partial charge in [-0.05, 0) is 69.6 Å². The number of aromatic nitrogens is 2. The van der Waals surface area contributed by atoms with E-state index in [0.29, 0.717) is 36.5 Å². The van der Waals surface area contributed by atoms with Crippen LogP contribution < -0.4 is 26.8 Å². The van der Waals surface area contributed by atoms with Crippen molar-refractivity contribution in [2.45, 2.75) is 65.8 Å². The fourth-order valence-corrected chi connectivity index (χ4v) is 6.67. The van der Waals surface area contributed by atoms with Gasteiger partial charge in [0.2, 0.25) is 11.8 Å². The van der Waals surface area contributed by atoms with Gasteiger partial charge in [0.1, 0.15) is 5.56 Å². The van der Waals surface area contributed by atoms with Crippen molar-refractivity contribution >= 4 is 30.1 Å². The monoisotopic (exact) mass is 544 g/mol. The average Bonchev–Trinajstić information content (AvgIpc) is 3.24. The minimum atomic E-state index is -1.08. The number of primary amides is 2. The third-order valence-electron chi connectivity index (χ3n) is 8.22. The number of rotatable bonds is 10. The van der Waals surface area contributed by atoms with Gasteiger partial charge in [0.15, 0.2) is 0 Å². The minimum Gasteiger partial charge on any atom is -0.477 e. The standard InChI is InChI=1S/C27H40N6O6/c1-15(2)13-38-22-19(12-30-33(22)6-5-26(3,4)23(35)32-24(28)36)21(34)31-20-17-7-16-8-18(20)11-27(9-16,10-17)14-39-25(29)37/h5-6,12,15-18,20H,7-11,13-14H2,1-4H3,(H2,29,37)(H,31,34)(H3,28,32,35,36). The Morgan fingerprint density at radius 1 is 1.18 bits per heavy atom. The molecule has 0 aromatic carbocycles. The molecule has 1 aromatic rings. The molecule has 5 amide bonds. The molecule has 1 heterocycles. The molecule has 4 bridgehead atoms. The van der Waals surface area contributed by atoms with E-state index < -0.39 is 23.4 Å². The lowest BCUT2D eigenvalue weighted by Crippen LogP contribution is -2.60. The van der Waals surface area contributed by atoms with Crippen molar-refractivity contribution in [1.82, 2.24) is 20.4 Å². The lowest BCUT2D eigenvalue weighted by Gasteiger charge is -2.59. The van der Waals surface area contributed by atoms with Crippen LogP contribution in [0.25, 0.3) is 6.20 Å². The molecule has 0 radical (unpaired) electrons. The number of hydrogen-bond donors (Lipinski definition) is 4. The highest BCUT2D eigenvalue weighted by molar-refractivity contribution is 5.98. The van der Waals surface area contributed by atoms with Crippen LogP contribution in [0.15, 0.2) is 12.3 Å². The van der Waals surface area contributed by atoms with Gasteiger partial charge < -0.3 is 26.3 Å². The summed E-state index contributed by atoms with van der Waals surface area (Å²) in [6, 6.07) is -0.916. The maximum absolute atomic E-state index is 13.6. The number of urea groups is 1. The highest BCUT2D eigenvalue weighted by Crippen LogP contribution is 2.60. The van der Waals surface area contributed by atoms with E-state index in [1.54, 1.807) is 26.1 Å². The first-order chi connectivity index (χ1) is 18.3. The van der Waals surface area contributed by atoms with E-state index in [1.165, 1.54) is 10.9 Å². The zero-order valence-corrected chi connectivity index (χ0v) is 23.1. The Morgan fingerprint density at radius 3 is 2.44 bits per heavy atom. The number of nitrogens with zero attached hydrogens (tertiary/aromatic N) is 2. The van der Waals surface area contributed by atoms with E-state index in [1.807, 2.05) is 13.8 Å². The molecule has 5 rings (SSSR count). The van der Waals surface area contributed by atoms with Gasteiger partial charge in [0.25, 0.3) is 5.91 Å². The number of nitrogens with two attached hydrogens (primary N) is 2. The van der Waals surface area contributed by atoms with Crippen LogP contribution in [0.5, 0.6) is 5.88 Å². The fourth-order valence-electron chi connectivity index (χ4n) is 6.67. The van der Waals surface area contributed by atoms with Crippen LogP contribution in [0, 0.1) is 34.5 Å². The third-order valence-corrected chi connectivity index (χ3v) is 8.22. The van der Waals surface area contributed by atoms with Gasteiger partial charge >= 0.3 is 12.1 Å². The predicted octanol–water partition coefficient (Wildman–Crippen LogP) is 2.63. The summed E-state index contributed by atoms with van der Waals surface area (Å²) >= 11 is 0. The van der Waals surface area contributed by atoms with Crippen LogP contribution in [0.4, 0.5) is 9.59 Å². The van der Waals surface area contributed by atoms with Crippen molar-refractivity contribution in [3.8, 4) is 5.88 Å². The van der Waals surface area contributed by atoms with Crippen molar-refractivity contribution in [3.63, 3.8) is 0 Å². The first-order valence-electron chi connectivity index (χ1n) is 13.5. The molecule has 39 heavy (non-hydrogen) atoms. The summed E-state index contributed by atoms with van der Waals surface area (Å²) in [7, 11) is 0. The largest absolute Gasteiger partial charge is 0.477 e. The molecule has 4 saturated carbocycles. The highest BCUT2D eigenvalue weighted by atomic mass is 16.5. The van der Waals surface area contributed by atoms with Gasteiger partial charge in [-0.1, -0.05) is 19.9 Å². The van der Waals surface area contributed by atoms with Gasteiger partial charge in [-0.3, -0.25) is 14.9 Å². The second-order valence-electron chi connectivity index (χ2n) is 12.4. The van der Waals surface area contributed by atoms with E-state index in [2.05, 4.69) is 15.7 Å². The van der Waals surface area contributed by atoms with E-state index in [0.717, 1.165) is 32.1 Å². The van der Waals surface area contributed by atoms with E-state index in [-0.39, 0.29) is 29.2 Å². The van der Waals surface area contributed by atoms with E-state index in [4.69, 9.17) is 20.9 Å². The van der Waals surface area contributed by atoms with Gasteiger partial charge in [0, 0.05) is 17.7 Å². The molecular formula is C27H40N6O6. The normalized spacial score (nSPS) is 27.5. The lowest BCUT2D eigenvalue weighted by atomic mass is 9.48. The summed E-state index contributed by atoms with van der Waals surface area (Å²) in [5.41, 5.74) is 9.49.